The van der Waals surface area contributed by atoms with E-state index in [0.29, 0.717) is 17.4 Å². The summed E-state index contributed by atoms with van der Waals surface area (Å²) in [6, 6.07) is 3.60. The monoisotopic (exact) mass is 275 g/mol. The quantitative estimate of drug-likeness (QED) is 0.900. The number of aryl methyl sites for hydroxylation is 2. The molecule has 108 valence electrons. The summed E-state index contributed by atoms with van der Waals surface area (Å²) in [5, 5.41) is 7.49. The predicted octanol–water partition coefficient (Wildman–Crippen LogP) is 2.63. The van der Waals surface area contributed by atoms with Crippen LogP contribution in [-0.4, -0.2) is 20.4 Å². The van der Waals surface area contributed by atoms with E-state index in [9.17, 15) is 0 Å². The smallest absolute Gasteiger partial charge is 0.239 e. The molecule has 2 heterocycles. The second-order valence-corrected chi connectivity index (χ2v) is 5.73. The second kappa shape index (κ2) is 5.03. The van der Waals surface area contributed by atoms with Crippen molar-refractivity contribution in [2.45, 2.75) is 33.3 Å². The molecule has 0 saturated carbocycles. The molecule has 0 aromatic carbocycles. The van der Waals surface area contributed by atoms with Gasteiger partial charge in [0.2, 0.25) is 5.88 Å². The van der Waals surface area contributed by atoms with Gasteiger partial charge in [0, 0.05) is 13.2 Å². The summed E-state index contributed by atoms with van der Waals surface area (Å²) in [7, 11) is 1.88. The zero-order valence-electron chi connectivity index (χ0n) is 12.6. The minimum atomic E-state index is -0.343. The lowest BCUT2D eigenvalue weighted by molar-refractivity contribution is 0.125. The van der Waals surface area contributed by atoms with E-state index < -0.39 is 0 Å². The summed E-state index contributed by atoms with van der Waals surface area (Å²) in [4.78, 5) is 4.41. The Morgan fingerprint density at radius 2 is 2.00 bits per heavy atom. The predicted molar refractivity (Wildman–Crippen MR) is 80.3 cm³/mol. The van der Waals surface area contributed by atoms with E-state index >= 15 is 0 Å². The summed E-state index contributed by atoms with van der Waals surface area (Å²) >= 11 is 0. The average Bonchev–Trinajstić information content (AvgIpc) is 2.60. The maximum atomic E-state index is 5.89. The van der Waals surface area contributed by atoms with Crippen molar-refractivity contribution in [2.75, 3.05) is 11.1 Å². The molecule has 6 heteroatoms. The van der Waals surface area contributed by atoms with Gasteiger partial charge in [-0.05, 0) is 39.8 Å². The van der Waals surface area contributed by atoms with Gasteiger partial charge in [-0.2, -0.15) is 10.1 Å². The standard InChI is InChI=1S/C14H21N5O/c1-9-11(8-19(5)18-9)16-12-7-6-10(15)13(17-12)20-14(2,3)4/h6-8H,15H2,1-5H3,(H,16,17). The minimum absolute atomic E-state index is 0.343. The van der Waals surface area contributed by atoms with E-state index in [2.05, 4.69) is 15.4 Å². The molecule has 0 amide bonds. The summed E-state index contributed by atoms with van der Waals surface area (Å²) in [6.07, 6.45) is 1.90. The van der Waals surface area contributed by atoms with Gasteiger partial charge in [0.05, 0.1) is 17.1 Å². The van der Waals surface area contributed by atoms with Crippen LogP contribution in [0, 0.1) is 6.92 Å². The maximum Gasteiger partial charge on any atom is 0.239 e. The van der Waals surface area contributed by atoms with Crippen LogP contribution in [0.4, 0.5) is 17.2 Å². The topological polar surface area (TPSA) is 78.0 Å². The van der Waals surface area contributed by atoms with Crippen LogP contribution in [-0.2, 0) is 7.05 Å². The van der Waals surface area contributed by atoms with Gasteiger partial charge in [0.1, 0.15) is 11.4 Å². The van der Waals surface area contributed by atoms with Crippen molar-refractivity contribution >= 4 is 17.2 Å². The van der Waals surface area contributed by atoms with E-state index in [1.54, 1.807) is 10.7 Å². The lowest BCUT2D eigenvalue weighted by atomic mass is 10.2. The number of aromatic nitrogens is 3. The molecule has 20 heavy (non-hydrogen) atoms. The first kappa shape index (κ1) is 14.2. The van der Waals surface area contributed by atoms with Gasteiger partial charge in [-0.25, -0.2) is 0 Å². The molecular formula is C14H21N5O. The highest BCUT2D eigenvalue weighted by atomic mass is 16.5. The Labute approximate surface area is 119 Å². The number of nitrogen functional groups attached to an aromatic ring is 1. The number of anilines is 3. The minimum Gasteiger partial charge on any atom is -0.470 e. The van der Waals surface area contributed by atoms with Crippen molar-refractivity contribution < 1.29 is 4.74 Å². The van der Waals surface area contributed by atoms with E-state index in [1.165, 1.54) is 0 Å². The van der Waals surface area contributed by atoms with Crippen LogP contribution < -0.4 is 15.8 Å². The summed E-state index contributed by atoms with van der Waals surface area (Å²) in [5.41, 5.74) is 7.89. The Kier molecular flexibility index (Phi) is 3.57. The molecular weight excluding hydrogens is 254 g/mol. The third-order valence-corrected chi connectivity index (χ3v) is 2.57. The molecule has 0 spiro atoms. The van der Waals surface area contributed by atoms with Gasteiger partial charge in [0.25, 0.3) is 0 Å². The second-order valence-electron chi connectivity index (χ2n) is 5.73. The van der Waals surface area contributed by atoms with Crippen LogP contribution in [0.3, 0.4) is 0 Å². The van der Waals surface area contributed by atoms with Crippen LogP contribution in [0.25, 0.3) is 0 Å². The lowest BCUT2D eigenvalue weighted by Gasteiger charge is -2.21. The zero-order chi connectivity index (χ0) is 14.9. The number of ether oxygens (including phenoxy) is 1. The fourth-order valence-corrected chi connectivity index (χ4v) is 1.75. The molecule has 0 aliphatic heterocycles. The van der Waals surface area contributed by atoms with Gasteiger partial charge < -0.3 is 15.8 Å². The highest BCUT2D eigenvalue weighted by Crippen LogP contribution is 2.26. The molecule has 0 radical (unpaired) electrons. The molecule has 0 bridgehead atoms. The molecule has 0 atom stereocenters. The highest BCUT2D eigenvalue weighted by molar-refractivity contribution is 5.61. The summed E-state index contributed by atoms with van der Waals surface area (Å²) in [5.74, 6) is 1.11. The number of hydrogen-bond donors (Lipinski definition) is 2. The summed E-state index contributed by atoms with van der Waals surface area (Å²) in [6.45, 7) is 7.81. The van der Waals surface area contributed by atoms with Crippen LogP contribution in [0.2, 0.25) is 0 Å². The van der Waals surface area contributed by atoms with Gasteiger partial charge in [-0.1, -0.05) is 0 Å². The number of nitrogens with two attached hydrogens (primary N) is 1. The number of hydrogen-bond acceptors (Lipinski definition) is 5. The first-order chi connectivity index (χ1) is 9.24. The summed E-state index contributed by atoms with van der Waals surface area (Å²) < 4.78 is 7.50. The van der Waals surface area contributed by atoms with E-state index in [0.717, 1.165) is 11.4 Å². The lowest BCUT2D eigenvalue weighted by Crippen LogP contribution is -2.24. The fraction of sp³-hybridized carbons (Fsp3) is 0.429. The third-order valence-electron chi connectivity index (χ3n) is 2.57. The first-order valence-electron chi connectivity index (χ1n) is 6.47. The number of rotatable bonds is 3. The number of pyridine rings is 1. The Hall–Kier alpha value is -2.24. The number of nitrogens with one attached hydrogen (secondary N) is 1. The van der Waals surface area contributed by atoms with Gasteiger partial charge >= 0.3 is 0 Å². The Morgan fingerprint density at radius 3 is 2.55 bits per heavy atom. The first-order valence-corrected chi connectivity index (χ1v) is 6.47. The largest absolute Gasteiger partial charge is 0.470 e. The van der Waals surface area contributed by atoms with E-state index in [1.807, 2.05) is 47.0 Å². The molecule has 0 saturated heterocycles. The molecule has 2 aromatic rings. The molecule has 0 aliphatic rings. The van der Waals surface area contributed by atoms with Crippen molar-refractivity contribution in [1.29, 1.82) is 0 Å². The van der Waals surface area contributed by atoms with E-state index in [4.69, 9.17) is 10.5 Å². The number of nitrogens with zero attached hydrogens (tertiary/aromatic N) is 3. The van der Waals surface area contributed by atoms with Crippen LogP contribution >= 0.6 is 0 Å². The molecule has 6 nitrogen and oxygen atoms in total. The van der Waals surface area contributed by atoms with E-state index in [-0.39, 0.29) is 5.60 Å². The molecule has 0 unspecified atom stereocenters. The molecule has 0 fully saturated rings. The van der Waals surface area contributed by atoms with Gasteiger partial charge in [-0.15, -0.1) is 0 Å². The molecule has 0 aliphatic carbocycles. The van der Waals surface area contributed by atoms with Crippen molar-refractivity contribution in [3.05, 3.63) is 24.0 Å². The van der Waals surface area contributed by atoms with Crippen molar-refractivity contribution in [2.24, 2.45) is 7.05 Å². The third kappa shape index (κ3) is 3.40. The normalized spacial score (nSPS) is 11.4. The van der Waals surface area contributed by atoms with Crippen molar-refractivity contribution in [3.8, 4) is 5.88 Å². The van der Waals surface area contributed by atoms with Gasteiger partial charge in [0.15, 0.2) is 0 Å². The average molecular weight is 275 g/mol. The SMILES string of the molecule is Cc1nn(C)cc1Nc1ccc(N)c(OC(C)(C)C)n1. The van der Waals surface area contributed by atoms with Gasteiger partial charge in [-0.3, -0.25) is 4.68 Å². The molecule has 2 aromatic heterocycles. The Balaban J connectivity index is 2.25. The van der Waals surface area contributed by atoms with Crippen LogP contribution in [0.1, 0.15) is 26.5 Å². The molecule has 2 rings (SSSR count). The fourth-order valence-electron chi connectivity index (χ4n) is 1.75. The highest BCUT2D eigenvalue weighted by Gasteiger charge is 2.16. The Morgan fingerprint density at radius 1 is 1.30 bits per heavy atom. The molecule has 3 N–H and O–H groups in total. The van der Waals surface area contributed by atoms with Crippen LogP contribution in [0.5, 0.6) is 5.88 Å². The Bertz CT molecular complexity index is 613. The van der Waals surface area contributed by atoms with Crippen LogP contribution in [0.15, 0.2) is 18.3 Å². The maximum absolute atomic E-state index is 5.89. The van der Waals surface area contributed by atoms with Crippen molar-refractivity contribution in [1.82, 2.24) is 14.8 Å². The zero-order valence-corrected chi connectivity index (χ0v) is 12.6. The van der Waals surface area contributed by atoms with Crippen molar-refractivity contribution in [3.63, 3.8) is 0 Å².